The topological polar surface area (TPSA) is 38.2 Å². The standard InChI is InChI=1S/C12H11BrClN3O/c1-17(2)11-10(13)7-15-12(16-11)18-9-5-3-4-8(14)6-9/h3-7H,1-2H3. The number of rotatable bonds is 3. The van der Waals surface area contributed by atoms with E-state index in [0.717, 1.165) is 10.3 Å². The maximum atomic E-state index is 5.88. The van der Waals surface area contributed by atoms with Gasteiger partial charge in [0, 0.05) is 19.1 Å². The molecule has 0 saturated heterocycles. The molecule has 2 aromatic rings. The number of nitrogens with zero attached hydrogens (tertiary/aromatic N) is 3. The summed E-state index contributed by atoms with van der Waals surface area (Å²) in [5, 5.41) is 0.609. The summed E-state index contributed by atoms with van der Waals surface area (Å²) in [5.74, 6) is 1.36. The van der Waals surface area contributed by atoms with Crippen molar-refractivity contribution in [2.24, 2.45) is 0 Å². The van der Waals surface area contributed by atoms with E-state index in [-0.39, 0.29) is 6.01 Å². The van der Waals surface area contributed by atoms with Gasteiger partial charge in [0.05, 0.1) is 10.7 Å². The molecule has 18 heavy (non-hydrogen) atoms. The molecule has 1 heterocycles. The third-order valence-corrected chi connectivity index (χ3v) is 2.93. The van der Waals surface area contributed by atoms with Crippen molar-refractivity contribution in [3.05, 3.63) is 40.0 Å². The molecule has 0 aliphatic carbocycles. The Kier molecular flexibility index (Phi) is 4.04. The highest BCUT2D eigenvalue weighted by atomic mass is 79.9. The zero-order chi connectivity index (χ0) is 13.1. The Bertz CT molecular complexity index is 563. The number of hydrogen-bond acceptors (Lipinski definition) is 4. The molecule has 6 heteroatoms. The molecule has 0 unspecified atom stereocenters. The van der Waals surface area contributed by atoms with E-state index < -0.39 is 0 Å². The maximum Gasteiger partial charge on any atom is 0.323 e. The minimum Gasteiger partial charge on any atom is -0.424 e. The largest absolute Gasteiger partial charge is 0.424 e. The number of benzene rings is 1. The van der Waals surface area contributed by atoms with Crippen LogP contribution in [-0.2, 0) is 0 Å². The second-order valence-electron chi connectivity index (χ2n) is 3.78. The summed E-state index contributed by atoms with van der Waals surface area (Å²) < 4.78 is 6.36. The SMILES string of the molecule is CN(C)c1nc(Oc2cccc(Cl)c2)ncc1Br. The highest BCUT2D eigenvalue weighted by molar-refractivity contribution is 9.10. The van der Waals surface area contributed by atoms with Crippen LogP contribution >= 0.6 is 27.5 Å². The Morgan fingerprint density at radius 1 is 1.33 bits per heavy atom. The first-order valence-corrected chi connectivity index (χ1v) is 6.36. The van der Waals surface area contributed by atoms with Crippen LogP contribution < -0.4 is 9.64 Å². The molecule has 1 aromatic carbocycles. The van der Waals surface area contributed by atoms with Crippen LogP contribution in [0.25, 0.3) is 0 Å². The third kappa shape index (κ3) is 3.11. The van der Waals surface area contributed by atoms with Gasteiger partial charge in [-0.25, -0.2) is 4.98 Å². The monoisotopic (exact) mass is 327 g/mol. The van der Waals surface area contributed by atoms with Crippen LogP contribution in [0.4, 0.5) is 5.82 Å². The van der Waals surface area contributed by atoms with Crippen molar-refractivity contribution < 1.29 is 4.74 Å². The van der Waals surface area contributed by atoms with Gasteiger partial charge in [0.25, 0.3) is 0 Å². The van der Waals surface area contributed by atoms with Gasteiger partial charge in [-0.05, 0) is 34.1 Å². The van der Waals surface area contributed by atoms with Crippen LogP contribution in [0.3, 0.4) is 0 Å². The van der Waals surface area contributed by atoms with E-state index in [4.69, 9.17) is 16.3 Å². The van der Waals surface area contributed by atoms with Crippen LogP contribution in [0, 0.1) is 0 Å². The fourth-order valence-electron chi connectivity index (χ4n) is 1.34. The predicted octanol–water partition coefficient (Wildman–Crippen LogP) is 3.75. The van der Waals surface area contributed by atoms with Gasteiger partial charge in [0.15, 0.2) is 0 Å². The van der Waals surface area contributed by atoms with Gasteiger partial charge < -0.3 is 9.64 Å². The molecule has 94 valence electrons. The summed E-state index contributed by atoms with van der Waals surface area (Å²) in [6, 6.07) is 7.38. The van der Waals surface area contributed by atoms with Crippen LogP contribution in [-0.4, -0.2) is 24.1 Å². The molecule has 1 aromatic heterocycles. The summed E-state index contributed by atoms with van der Waals surface area (Å²) in [7, 11) is 3.80. The van der Waals surface area contributed by atoms with Gasteiger partial charge in [-0.2, -0.15) is 4.98 Å². The van der Waals surface area contributed by atoms with Gasteiger partial charge in [-0.15, -0.1) is 0 Å². The smallest absolute Gasteiger partial charge is 0.323 e. The van der Waals surface area contributed by atoms with Crippen molar-refractivity contribution in [2.75, 3.05) is 19.0 Å². The van der Waals surface area contributed by atoms with Gasteiger partial charge in [0.1, 0.15) is 11.6 Å². The highest BCUT2D eigenvalue weighted by Gasteiger charge is 2.08. The first kappa shape index (κ1) is 13.1. The van der Waals surface area contributed by atoms with E-state index in [0.29, 0.717) is 10.8 Å². The van der Waals surface area contributed by atoms with Crippen molar-refractivity contribution in [3.63, 3.8) is 0 Å². The molecule has 4 nitrogen and oxygen atoms in total. The summed E-state index contributed by atoms with van der Waals surface area (Å²) in [5.41, 5.74) is 0. The molecular formula is C12H11BrClN3O. The zero-order valence-corrected chi connectivity index (χ0v) is 12.2. The first-order valence-electron chi connectivity index (χ1n) is 5.19. The number of ether oxygens (including phenoxy) is 1. The Morgan fingerprint density at radius 3 is 2.78 bits per heavy atom. The number of hydrogen-bond donors (Lipinski definition) is 0. The lowest BCUT2D eigenvalue weighted by atomic mass is 10.3. The van der Waals surface area contributed by atoms with E-state index in [9.17, 15) is 0 Å². The lowest BCUT2D eigenvalue weighted by Crippen LogP contribution is -2.12. The van der Waals surface area contributed by atoms with Crippen molar-refractivity contribution in [2.45, 2.75) is 0 Å². The summed E-state index contributed by atoms with van der Waals surface area (Å²) in [4.78, 5) is 10.3. The Hall–Kier alpha value is -1.33. The molecule has 0 saturated carbocycles. The van der Waals surface area contributed by atoms with E-state index in [2.05, 4.69) is 25.9 Å². The van der Waals surface area contributed by atoms with E-state index in [1.807, 2.05) is 25.1 Å². The molecule has 0 N–H and O–H groups in total. The normalized spacial score (nSPS) is 10.2. The second-order valence-corrected chi connectivity index (χ2v) is 5.07. The molecule has 2 rings (SSSR count). The molecule has 0 spiro atoms. The summed E-state index contributed by atoms with van der Waals surface area (Å²) in [6.07, 6.45) is 1.65. The van der Waals surface area contributed by atoms with Gasteiger partial charge in [0.2, 0.25) is 0 Å². The Morgan fingerprint density at radius 2 is 2.11 bits per heavy atom. The van der Waals surface area contributed by atoms with E-state index in [1.54, 1.807) is 24.4 Å². The molecule has 0 aliphatic heterocycles. The minimum atomic E-state index is 0.282. The quantitative estimate of drug-likeness (QED) is 0.860. The van der Waals surface area contributed by atoms with Crippen LogP contribution in [0.1, 0.15) is 0 Å². The average molecular weight is 329 g/mol. The Labute approximate surface area is 119 Å². The minimum absolute atomic E-state index is 0.282. The lowest BCUT2D eigenvalue weighted by molar-refractivity contribution is 0.441. The summed E-state index contributed by atoms with van der Waals surface area (Å²) >= 11 is 9.27. The zero-order valence-electron chi connectivity index (χ0n) is 9.89. The van der Waals surface area contributed by atoms with Crippen LogP contribution in [0.2, 0.25) is 5.02 Å². The van der Waals surface area contributed by atoms with Gasteiger partial charge in [-0.3, -0.25) is 0 Å². The Balaban J connectivity index is 2.27. The third-order valence-electron chi connectivity index (χ3n) is 2.13. The van der Waals surface area contributed by atoms with Gasteiger partial charge >= 0.3 is 6.01 Å². The van der Waals surface area contributed by atoms with Crippen LogP contribution in [0.5, 0.6) is 11.8 Å². The van der Waals surface area contributed by atoms with Crippen molar-refractivity contribution >= 4 is 33.3 Å². The van der Waals surface area contributed by atoms with E-state index in [1.165, 1.54) is 0 Å². The molecule has 0 atom stereocenters. The fraction of sp³-hybridized carbons (Fsp3) is 0.167. The molecule has 0 fully saturated rings. The van der Waals surface area contributed by atoms with E-state index >= 15 is 0 Å². The molecule has 0 bridgehead atoms. The second kappa shape index (κ2) is 5.54. The van der Waals surface area contributed by atoms with Gasteiger partial charge in [-0.1, -0.05) is 17.7 Å². The molecular weight excluding hydrogens is 318 g/mol. The number of halogens is 2. The number of aromatic nitrogens is 2. The molecule has 0 radical (unpaired) electrons. The summed E-state index contributed by atoms with van der Waals surface area (Å²) in [6.45, 7) is 0. The van der Waals surface area contributed by atoms with Crippen molar-refractivity contribution in [1.82, 2.24) is 9.97 Å². The van der Waals surface area contributed by atoms with Crippen molar-refractivity contribution in [1.29, 1.82) is 0 Å². The maximum absolute atomic E-state index is 5.88. The van der Waals surface area contributed by atoms with Crippen molar-refractivity contribution in [3.8, 4) is 11.8 Å². The molecule has 0 amide bonds. The van der Waals surface area contributed by atoms with Crippen LogP contribution in [0.15, 0.2) is 34.9 Å². The highest BCUT2D eigenvalue weighted by Crippen LogP contribution is 2.26. The molecule has 0 aliphatic rings. The lowest BCUT2D eigenvalue weighted by Gasteiger charge is -2.13. The average Bonchev–Trinajstić information content (AvgIpc) is 2.31. The first-order chi connectivity index (χ1) is 8.56. The fourth-order valence-corrected chi connectivity index (χ4v) is 2.07. The number of anilines is 1. The predicted molar refractivity (Wildman–Crippen MR) is 75.6 cm³/mol.